The van der Waals surface area contributed by atoms with Crippen molar-refractivity contribution in [3.63, 3.8) is 0 Å². The Labute approximate surface area is 72.1 Å². The molecule has 0 unspecified atom stereocenters. The van der Waals surface area contributed by atoms with Crippen molar-refractivity contribution in [3.05, 3.63) is 23.2 Å². The van der Waals surface area contributed by atoms with Crippen molar-refractivity contribution in [2.75, 3.05) is 0 Å². The zero-order valence-corrected chi connectivity index (χ0v) is 7.15. The van der Waals surface area contributed by atoms with Crippen LogP contribution >= 0.6 is 15.9 Å². The molecule has 5 nitrogen and oxygen atoms in total. The summed E-state index contributed by atoms with van der Waals surface area (Å²) in [6.07, 6.45) is 5.30. The monoisotopic (exact) mass is 218 g/mol. The van der Waals surface area contributed by atoms with Crippen LogP contribution < -0.4 is 11.3 Å². The van der Waals surface area contributed by atoms with E-state index in [0.29, 0.717) is 6.41 Å². The lowest BCUT2D eigenvalue weighted by molar-refractivity contribution is -0.109. The second kappa shape index (κ2) is 7.10. The lowest BCUT2D eigenvalue weighted by atomic mass is 10.8. The van der Waals surface area contributed by atoms with E-state index in [0.717, 1.165) is 4.60 Å². The van der Waals surface area contributed by atoms with Crippen LogP contribution in [0.15, 0.2) is 23.2 Å². The minimum Gasteiger partial charge on any atom is -0.297 e. The first-order chi connectivity index (χ1) is 5.31. The Hall–Kier alpha value is -1.01. The van der Waals surface area contributed by atoms with E-state index in [2.05, 4.69) is 31.7 Å². The topological polar surface area (TPSA) is 80.9 Å². The molecule has 0 aliphatic rings. The van der Waals surface area contributed by atoms with Crippen molar-refractivity contribution in [2.45, 2.75) is 0 Å². The summed E-state index contributed by atoms with van der Waals surface area (Å²) in [5.41, 5.74) is 1.75. The molecule has 0 radical (unpaired) electrons. The van der Waals surface area contributed by atoms with Crippen LogP contribution in [-0.4, -0.2) is 16.4 Å². The van der Waals surface area contributed by atoms with Gasteiger partial charge in [0.1, 0.15) is 4.60 Å². The summed E-state index contributed by atoms with van der Waals surface area (Å²) in [5, 5.41) is 0. The normalized spacial score (nSPS) is 7.45. The second-order valence-electron chi connectivity index (χ2n) is 1.31. The van der Waals surface area contributed by atoms with Crippen LogP contribution in [0.25, 0.3) is 0 Å². The molecular formula is C5H7BrN4O. The number of nitrogens with two attached hydrogens (primary N) is 1. The zero-order chi connectivity index (χ0) is 8.53. The first-order valence-corrected chi connectivity index (χ1v) is 3.42. The van der Waals surface area contributed by atoms with E-state index < -0.39 is 0 Å². The summed E-state index contributed by atoms with van der Waals surface area (Å²) in [6, 6.07) is 0. The molecule has 1 amide bonds. The van der Waals surface area contributed by atoms with E-state index in [1.165, 1.54) is 0 Å². The van der Waals surface area contributed by atoms with Gasteiger partial charge in [-0.05, 0) is 15.9 Å². The van der Waals surface area contributed by atoms with E-state index in [1.54, 1.807) is 24.0 Å². The van der Waals surface area contributed by atoms with Gasteiger partial charge < -0.3 is 0 Å². The maximum absolute atomic E-state index is 8.94. The highest BCUT2D eigenvalue weighted by molar-refractivity contribution is 9.10. The fourth-order valence-corrected chi connectivity index (χ4v) is 0.517. The highest BCUT2D eigenvalue weighted by Crippen LogP contribution is 1.97. The van der Waals surface area contributed by atoms with Gasteiger partial charge in [0.25, 0.3) is 0 Å². The molecule has 0 fully saturated rings. The SMILES string of the molecule is Brc1cnccn1.NNC=O. The van der Waals surface area contributed by atoms with E-state index in [9.17, 15) is 0 Å². The number of hydrazine groups is 1. The summed E-state index contributed by atoms with van der Waals surface area (Å²) >= 11 is 3.14. The van der Waals surface area contributed by atoms with Gasteiger partial charge >= 0.3 is 0 Å². The number of rotatable bonds is 1. The van der Waals surface area contributed by atoms with Crippen LogP contribution in [0.5, 0.6) is 0 Å². The van der Waals surface area contributed by atoms with Crippen LogP contribution in [-0.2, 0) is 4.79 Å². The van der Waals surface area contributed by atoms with E-state index in [-0.39, 0.29) is 0 Å². The molecule has 1 aromatic heterocycles. The van der Waals surface area contributed by atoms with Crippen molar-refractivity contribution >= 4 is 22.3 Å². The largest absolute Gasteiger partial charge is 0.297 e. The van der Waals surface area contributed by atoms with Gasteiger partial charge in [0.05, 0.1) is 6.20 Å². The molecule has 0 aliphatic heterocycles. The van der Waals surface area contributed by atoms with Crippen LogP contribution in [0.4, 0.5) is 0 Å². The fraction of sp³-hybridized carbons (Fsp3) is 0. The first-order valence-electron chi connectivity index (χ1n) is 2.62. The quantitative estimate of drug-likeness (QED) is 0.297. The second-order valence-corrected chi connectivity index (χ2v) is 2.13. The van der Waals surface area contributed by atoms with Gasteiger partial charge in [0, 0.05) is 12.4 Å². The van der Waals surface area contributed by atoms with Gasteiger partial charge in [-0.2, -0.15) is 0 Å². The van der Waals surface area contributed by atoms with Crippen molar-refractivity contribution in [3.8, 4) is 0 Å². The summed E-state index contributed by atoms with van der Waals surface area (Å²) in [5.74, 6) is 4.41. The van der Waals surface area contributed by atoms with Crippen LogP contribution in [0.3, 0.4) is 0 Å². The zero-order valence-electron chi connectivity index (χ0n) is 5.57. The standard InChI is InChI=1S/C4H3BrN2.CH4N2O/c5-4-3-6-1-2-7-4;2-3-1-4/h1-3H;1H,2H2,(H,3,4). The number of carbonyl (C=O) groups is 1. The highest BCUT2D eigenvalue weighted by atomic mass is 79.9. The number of aromatic nitrogens is 2. The number of nitrogens with zero attached hydrogens (tertiary/aromatic N) is 2. The first kappa shape index (κ1) is 9.99. The van der Waals surface area contributed by atoms with E-state index in [1.807, 2.05) is 0 Å². The molecule has 0 saturated heterocycles. The Morgan fingerprint density at radius 2 is 2.27 bits per heavy atom. The molecule has 0 bridgehead atoms. The van der Waals surface area contributed by atoms with Crippen molar-refractivity contribution < 1.29 is 4.79 Å². The maximum Gasteiger partial charge on any atom is 0.221 e. The number of halogens is 1. The van der Waals surface area contributed by atoms with Crippen molar-refractivity contribution in [1.29, 1.82) is 0 Å². The molecule has 1 aromatic rings. The van der Waals surface area contributed by atoms with Crippen molar-refractivity contribution in [2.24, 2.45) is 5.84 Å². The summed E-state index contributed by atoms with van der Waals surface area (Å²) in [6.45, 7) is 0. The summed E-state index contributed by atoms with van der Waals surface area (Å²) in [7, 11) is 0. The summed E-state index contributed by atoms with van der Waals surface area (Å²) in [4.78, 5) is 16.5. The molecule has 0 spiro atoms. The van der Waals surface area contributed by atoms with Gasteiger partial charge in [0.15, 0.2) is 0 Å². The van der Waals surface area contributed by atoms with Gasteiger partial charge in [0.2, 0.25) is 6.41 Å². The van der Waals surface area contributed by atoms with Gasteiger partial charge in [-0.3, -0.25) is 15.2 Å². The Kier molecular flexibility index (Phi) is 6.45. The molecule has 3 N–H and O–H groups in total. The van der Waals surface area contributed by atoms with Crippen LogP contribution in [0, 0.1) is 0 Å². The molecule has 0 aromatic carbocycles. The number of amides is 1. The van der Waals surface area contributed by atoms with Gasteiger partial charge in [-0.25, -0.2) is 10.8 Å². The molecular weight excluding hydrogens is 212 g/mol. The Balaban J connectivity index is 0.000000218. The third kappa shape index (κ3) is 6.88. The molecule has 0 atom stereocenters. The maximum atomic E-state index is 8.94. The third-order valence-corrected chi connectivity index (χ3v) is 1.01. The Morgan fingerprint density at radius 3 is 2.45 bits per heavy atom. The number of hydrogen-bond acceptors (Lipinski definition) is 4. The third-order valence-electron chi connectivity index (χ3n) is 0.600. The minimum atomic E-state index is 0.403. The number of carbonyl (C=O) groups excluding carboxylic acids is 1. The highest BCUT2D eigenvalue weighted by Gasteiger charge is 1.77. The average Bonchev–Trinajstić information content (AvgIpc) is 2.07. The lowest BCUT2D eigenvalue weighted by Gasteiger charge is -1.79. The minimum absolute atomic E-state index is 0.403. The molecule has 11 heavy (non-hydrogen) atoms. The molecule has 0 aliphatic carbocycles. The lowest BCUT2D eigenvalue weighted by Crippen LogP contribution is -2.18. The molecule has 60 valence electrons. The Bertz CT molecular complexity index is 193. The molecule has 1 heterocycles. The molecule has 1 rings (SSSR count). The van der Waals surface area contributed by atoms with Gasteiger partial charge in [-0.15, -0.1) is 0 Å². The fourth-order valence-electron chi connectivity index (χ4n) is 0.281. The average molecular weight is 219 g/mol. The molecule has 0 saturated carbocycles. The smallest absolute Gasteiger partial charge is 0.221 e. The number of nitrogens with one attached hydrogen (secondary N) is 1. The Morgan fingerprint density at radius 1 is 1.64 bits per heavy atom. The number of hydrogen-bond donors (Lipinski definition) is 2. The van der Waals surface area contributed by atoms with Crippen LogP contribution in [0.1, 0.15) is 0 Å². The predicted octanol–water partition coefficient (Wildman–Crippen LogP) is -0.155. The van der Waals surface area contributed by atoms with E-state index in [4.69, 9.17) is 4.79 Å². The summed E-state index contributed by atoms with van der Waals surface area (Å²) < 4.78 is 0.773. The van der Waals surface area contributed by atoms with Crippen molar-refractivity contribution in [1.82, 2.24) is 15.4 Å². The predicted molar refractivity (Wildman–Crippen MR) is 43.1 cm³/mol. The molecule has 6 heteroatoms. The van der Waals surface area contributed by atoms with Gasteiger partial charge in [-0.1, -0.05) is 0 Å². The van der Waals surface area contributed by atoms with Crippen LogP contribution in [0.2, 0.25) is 0 Å². The van der Waals surface area contributed by atoms with E-state index >= 15 is 0 Å².